The molecule has 1 aliphatic heterocycles. The molecule has 1 amide bonds. The van der Waals surface area contributed by atoms with Crippen LogP contribution in [0.1, 0.15) is 18.5 Å². The predicted molar refractivity (Wildman–Crippen MR) is 130 cm³/mol. The zero-order valence-corrected chi connectivity index (χ0v) is 19.0. The number of aromatic hydroxyl groups is 1. The maximum absolute atomic E-state index is 13.7. The van der Waals surface area contributed by atoms with Crippen LogP contribution in [-0.2, 0) is 4.79 Å². The van der Waals surface area contributed by atoms with Crippen molar-refractivity contribution in [3.05, 3.63) is 83.6 Å². The van der Waals surface area contributed by atoms with Crippen LogP contribution < -0.4 is 20.1 Å². The number of fused-ring (bicyclic) bond motifs is 3. The molecule has 172 valence electrons. The maximum atomic E-state index is 13.7. The molecule has 4 aromatic rings. The molecule has 5 rings (SSSR count). The molecular weight excluding hydrogens is 432 g/mol. The molecule has 1 atom stereocenters. The van der Waals surface area contributed by atoms with Crippen molar-refractivity contribution >= 4 is 28.6 Å². The molecule has 3 N–H and O–H groups in total. The van der Waals surface area contributed by atoms with Crippen LogP contribution in [0.25, 0.3) is 11.0 Å². The first kappa shape index (κ1) is 21.4. The molecule has 1 aliphatic rings. The first-order valence-corrected chi connectivity index (χ1v) is 10.8. The Hall–Kier alpha value is -4.46. The van der Waals surface area contributed by atoms with E-state index >= 15 is 0 Å². The van der Waals surface area contributed by atoms with E-state index in [-0.39, 0.29) is 11.7 Å². The Morgan fingerprint density at radius 1 is 1.06 bits per heavy atom. The van der Waals surface area contributed by atoms with E-state index in [1.54, 1.807) is 49.6 Å². The molecule has 0 fully saturated rings. The van der Waals surface area contributed by atoms with Gasteiger partial charge in [-0.2, -0.15) is 0 Å². The van der Waals surface area contributed by atoms with E-state index in [0.29, 0.717) is 34.4 Å². The summed E-state index contributed by atoms with van der Waals surface area (Å²) in [6, 6.07) is 19.5. The summed E-state index contributed by atoms with van der Waals surface area (Å²) >= 11 is 0. The lowest BCUT2D eigenvalue weighted by Gasteiger charge is -2.31. The number of carbonyl (C=O) groups is 1. The van der Waals surface area contributed by atoms with Crippen molar-refractivity contribution in [2.24, 2.45) is 0 Å². The number of para-hydroxylation sites is 2. The minimum atomic E-state index is -0.503. The second kappa shape index (κ2) is 8.47. The molecule has 8 heteroatoms. The molecule has 1 aromatic heterocycles. The van der Waals surface area contributed by atoms with E-state index in [4.69, 9.17) is 14.5 Å². The van der Waals surface area contributed by atoms with E-state index < -0.39 is 6.04 Å². The largest absolute Gasteiger partial charge is 0.504 e. The third-order valence-electron chi connectivity index (χ3n) is 5.94. The first-order chi connectivity index (χ1) is 16.5. The molecule has 0 spiro atoms. The number of nitrogens with zero attached hydrogens (tertiary/aromatic N) is 2. The Morgan fingerprint density at radius 2 is 1.82 bits per heavy atom. The number of methoxy groups -OCH3 is 2. The van der Waals surface area contributed by atoms with Crippen molar-refractivity contribution < 1.29 is 19.4 Å². The lowest BCUT2D eigenvalue weighted by atomic mass is 9.94. The summed E-state index contributed by atoms with van der Waals surface area (Å²) in [6.07, 6.45) is 0. The number of carbonyl (C=O) groups excluding carboxylic acids is 1. The molecule has 8 nitrogen and oxygen atoms in total. The number of imidazole rings is 1. The minimum Gasteiger partial charge on any atom is -0.504 e. The number of aromatic nitrogens is 2. The average molecular weight is 457 g/mol. The number of benzene rings is 3. The Morgan fingerprint density at radius 3 is 2.56 bits per heavy atom. The molecule has 0 radical (unpaired) electrons. The van der Waals surface area contributed by atoms with Gasteiger partial charge in [0.15, 0.2) is 11.5 Å². The van der Waals surface area contributed by atoms with Crippen molar-refractivity contribution in [1.82, 2.24) is 9.55 Å². The van der Waals surface area contributed by atoms with E-state index in [0.717, 1.165) is 16.6 Å². The quantitative estimate of drug-likeness (QED) is 0.403. The van der Waals surface area contributed by atoms with Gasteiger partial charge in [0.2, 0.25) is 5.95 Å². The SMILES string of the molecule is COc1ccc(NC(=O)C2=C(C)Nc3nc4ccccc4n3[C@H]2c2ccc(O)c(OC)c2)cc1. The molecule has 0 saturated heterocycles. The number of nitrogens with one attached hydrogen (secondary N) is 2. The third-order valence-corrected chi connectivity index (χ3v) is 5.94. The Bertz CT molecular complexity index is 1420. The summed E-state index contributed by atoms with van der Waals surface area (Å²) in [6.45, 7) is 1.86. The summed E-state index contributed by atoms with van der Waals surface area (Å²) in [7, 11) is 3.09. The van der Waals surface area contributed by atoms with E-state index in [1.807, 2.05) is 35.8 Å². The number of phenolic OH excluding ortho intramolecular Hbond substituents is 1. The van der Waals surface area contributed by atoms with Gasteiger partial charge in [0.1, 0.15) is 5.75 Å². The van der Waals surface area contributed by atoms with Gasteiger partial charge >= 0.3 is 0 Å². The number of ether oxygens (including phenoxy) is 2. The van der Waals surface area contributed by atoms with E-state index in [1.165, 1.54) is 7.11 Å². The van der Waals surface area contributed by atoms with Gasteiger partial charge in [-0.15, -0.1) is 0 Å². The fourth-order valence-electron chi connectivity index (χ4n) is 4.31. The lowest BCUT2D eigenvalue weighted by Crippen LogP contribution is -2.30. The van der Waals surface area contributed by atoms with Gasteiger partial charge in [0, 0.05) is 11.4 Å². The van der Waals surface area contributed by atoms with Crippen molar-refractivity contribution in [3.63, 3.8) is 0 Å². The second-order valence-electron chi connectivity index (χ2n) is 7.97. The van der Waals surface area contributed by atoms with Crippen LogP contribution >= 0.6 is 0 Å². The molecule has 3 aromatic carbocycles. The average Bonchev–Trinajstić information content (AvgIpc) is 3.21. The topological polar surface area (TPSA) is 97.6 Å². The molecule has 0 bridgehead atoms. The Labute approximate surface area is 196 Å². The van der Waals surface area contributed by atoms with Crippen LogP contribution in [0.15, 0.2) is 78.0 Å². The first-order valence-electron chi connectivity index (χ1n) is 10.8. The van der Waals surface area contributed by atoms with Gasteiger partial charge in [-0.25, -0.2) is 4.98 Å². The zero-order chi connectivity index (χ0) is 23.8. The monoisotopic (exact) mass is 456 g/mol. The highest BCUT2D eigenvalue weighted by Gasteiger charge is 2.34. The van der Waals surface area contributed by atoms with Crippen LogP contribution in [-0.4, -0.2) is 34.8 Å². The number of hydrogen-bond acceptors (Lipinski definition) is 6. The van der Waals surface area contributed by atoms with E-state index in [9.17, 15) is 9.90 Å². The number of rotatable bonds is 5. The van der Waals surface area contributed by atoms with Gasteiger partial charge < -0.3 is 25.2 Å². The summed E-state index contributed by atoms with van der Waals surface area (Å²) < 4.78 is 12.6. The molecular formula is C26H24N4O4. The summed E-state index contributed by atoms with van der Waals surface area (Å²) in [4.78, 5) is 18.4. The predicted octanol–water partition coefficient (Wildman–Crippen LogP) is 4.69. The number of hydrogen-bond donors (Lipinski definition) is 3. The smallest absolute Gasteiger partial charge is 0.255 e. The third kappa shape index (κ3) is 3.59. The van der Waals surface area contributed by atoms with Crippen molar-refractivity contribution in [2.45, 2.75) is 13.0 Å². The highest BCUT2D eigenvalue weighted by molar-refractivity contribution is 6.06. The molecule has 0 aliphatic carbocycles. The van der Waals surface area contributed by atoms with Crippen molar-refractivity contribution in [3.8, 4) is 17.2 Å². The van der Waals surface area contributed by atoms with Crippen LogP contribution in [0.3, 0.4) is 0 Å². The zero-order valence-electron chi connectivity index (χ0n) is 19.0. The Kier molecular flexibility index (Phi) is 5.33. The highest BCUT2D eigenvalue weighted by atomic mass is 16.5. The lowest BCUT2D eigenvalue weighted by molar-refractivity contribution is -0.113. The summed E-state index contributed by atoms with van der Waals surface area (Å²) in [5, 5.41) is 16.5. The second-order valence-corrected chi connectivity index (χ2v) is 7.97. The van der Waals surface area contributed by atoms with Gasteiger partial charge in [0.05, 0.1) is 36.9 Å². The standard InChI is InChI=1S/C26H24N4O4/c1-15-23(25(32)28-17-9-11-18(33-2)12-10-17)24(16-8-13-21(31)22(14-16)34-3)30-20-7-5-4-6-19(20)29-26(30)27-15/h4-14,24,31H,1-3H3,(H,27,29)(H,28,32)/t24-/m0/s1. The molecule has 0 unspecified atom stereocenters. The summed E-state index contributed by atoms with van der Waals surface area (Å²) in [5.41, 5.74) is 4.33. The normalized spacial score (nSPS) is 15.0. The van der Waals surface area contributed by atoms with Gasteiger partial charge in [-0.3, -0.25) is 9.36 Å². The van der Waals surface area contributed by atoms with Crippen molar-refractivity contribution in [2.75, 3.05) is 24.9 Å². The maximum Gasteiger partial charge on any atom is 0.255 e. The van der Waals surface area contributed by atoms with Gasteiger partial charge in [-0.05, 0) is 61.0 Å². The number of amides is 1. The summed E-state index contributed by atoms with van der Waals surface area (Å²) in [5.74, 6) is 1.44. The Balaban J connectivity index is 1.64. The minimum absolute atomic E-state index is 0.0285. The molecule has 2 heterocycles. The molecule has 34 heavy (non-hydrogen) atoms. The highest BCUT2D eigenvalue weighted by Crippen LogP contribution is 2.41. The van der Waals surface area contributed by atoms with Gasteiger partial charge in [-0.1, -0.05) is 18.2 Å². The van der Waals surface area contributed by atoms with Crippen molar-refractivity contribution in [1.29, 1.82) is 0 Å². The van der Waals surface area contributed by atoms with Crippen LogP contribution in [0.5, 0.6) is 17.2 Å². The number of anilines is 2. The van der Waals surface area contributed by atoms with Crippen LogP contribution in [0, 0.1) is 0 Å². The van der Waals surface area contributed by atoms with Crippen LogP contribution in [0.4, 0.5) is 11.6 Å². The van der Waals surface area contributed by atoms with Crippen LogP contribution in [0.2, 0.25) is 0 Å². The number of phenols is 1. The number of allylic oxidation sites excluding steroid dienone is 1. The van der Waals surface area contributed by atoms with Gasteiger partial charge in [0.25, 0.3) is 5.91 Å². The fraction of sp³-hybridized carbons (Fsp3) is 0.154. The fourth-order valence-corrected chi connectivity index (χ4v) is 4.31. The van der Waals surface area contributed by atoms with E-state index in [2.05, 4.69) is 10.6 Å². The molecule has 0 saturated carbocycles.